The van der Waals surface area contributed by atoms with Crippen LogP contribution in [0.2, 0.25) is 0 Å². The summed E-state index contributed by atoms with van der Waals surface area (Å²) in [5.74, 6) is -0.670. The Morgan fingerprint density at radius 2 is 1.63 bits per heavy atom. The van der Waals surface area contributed by atoms with Crippen LogP contribution in [0.4, 0.5) is 0 Å². The van der Waals surface area contributed by atoms with Gasteiger partial charge in [0.2, 0.25) is 0 Å². The number of carboxylic acids is 1. The molecule has 0 bridgehead atoms. The zero-order chi connectivity index (χ0) is 14.1. The standard InChI is InChI=1S/C17H32O2/c1-3-4-5-6-7-9-12-15(16(18)19)17(2)13-10-8-11-14-17/h15H,3-14H2,1-2H3,(H,18,19). The van der Waals surface area contributed by atoms with E-state index in [1.807, 2.05) is 0 Å². The van der Waals surface area contributed by atoms with E-state index >= 15 is 0 Å². The van der Waals surface area contributed by atoms with Crippen LogP contribution < -0.4 is 0 Å². The molecule has 112 valence electrons. The third-order valence-electron chi connectivity index (χ3n) is 4.98. The highest BCUT2D eigenvalue weighted by Crippen LogP contribution is 2.44. The van der Waals surface area contributed by atoms with E-state index in [1.165, 1.54) is 51.4 Å². The van der Waals surface area contributed by atoms with Crippen molar-refractivity contribution in [3.63, 3.8) is 0 Å². The minimum atomic E-state index is -0.557. The number of rotatable bonds is 9. The Bertz CT molecular complexity index is 254. The summed E-state index contributed by atoms with van der Waals surface area (Å²) in [7, 11) is 0. The highest BCUT2D eigenvalue weighted by atomic mass is 16.4. The molecule has 19 heavy (non-hydrogen) atoms. The second-order valence-electron chi connectivity index (χ2n) is 6.66. The molecule has 0 aromatic carbocycles. The summed E-state index contributed by atoms with van der Waals surface area (Å²) >= 11 is 0. The topological polar surface area (TPSA) is 37.3 Å². The van der Waals surface area contributed by atoms with Crippen molar-refractivity contribution >= 4 is 5.97 Å². The Hall–Kier alpha value is -0.530. The zero-order valence-electron chi connectivity index (χ0n) is 12.9. The maximum absolute atomic E-state index is 11.6. The van der Waals surface area contributed by atoms with E-state index in [1.54, 1.807) is 0 Å². The van der Waals surface area contributed by atoms with Gasteiger partial charge in [-0.2, -0.15) is 0 Å². The van der Waals surface area contributed by atoms with Crippen LogP contribution in [0.1, 0.15) is 90.9 Å². The number of carbonyl (C=O) groups is 1. The minimum Gasteiger partial charge on any atom is -0.481 e. The predicted molar refractivity (Wildman–Crippen MR) is 80.3 cm³/mol. The SMILES string of the molecule is CCCCCCCCC(C(=O)O)C1(C)CCCCC1. The fourth-order valence-electron chi connectivity index (χ4n) is 3.61. The second kappa shape index (κ2) is 8.60. The molecule has 0 heterocycles. The summed E-state index contributed by atoms with van der Waals surface area (Å²) in [4.78, 5) is 11.6. The van der Waals surface area contributed by atoms with Crippen molar-refractivity contribution < 1.29 is 9.90 Å². The van der Waals surface area contributed by atoms with Crippen LogP contribution in [0, 0.1) is 11.3 Å². The number of hydrogen-bond acceptors (Lipinski definition) is 1. The van der Waals surface area contributed by atoms with E-state index < -0.39 is 5.97 Å². The fourth-order valence-corrected chi connectivity index (χ4v) is 3.61. The summed E-state index contributed by atoms with van der Waals surface area (Å²) in [6, 6.07) is 0. The van der Waals surface area contributed by atoms with Gasteiger partial charge in [0.1, 0.15) is 0 Å². The Morgan fingerprint density at radius 1 is 1.05 bits per heavy atom. The molecule has 2 heteroatoms. The lowest BCUT2D eigenvalue weighted by atomic mass is 9.66. The van der Waals surface area contributed by atoms with Gasteiger partial charge in [0.05, 0.1) is 5.92 Å². The third kappa shape index (κ3) is 5.54. The number of unbranched alkanes of at least 4 members (excludes halogenated alkanes) is 5. The van der Waals surface area contributed by atoms with Crippen molar-refractivity contribution in [1.29, 1.82) is 0 Å². The second-order valence-corrected chi connectivity index (χ2v) is 6.66. The zero-order valence-corrected chi connectivity index (χ0v) is 12.9. The van der Waals surface area contributed by atoms with Gasteiger partial charge in [-0.05, 0) is 24.7 Å². The van der Waals surface area contributed by atoms with Crippen LogP contribution in [0.25, 0.3) is 0 Å². The van der Waals surface area contributed by atoms with Gasteiger partial charge in [-0.3, -0.25) is 4.79 Å². The lowest BCUT2D eigenvalue weighted by molar-refractivity contribution is -0.147. The van der Waals surface area contributed by atoms with Crippen LogP contribution in [-0.2, 0) is 4.79 Å². The molecule has 0 amide bonds. The van der Waals surface area contributed by atoms with Gasteiger partial charge in [0, 0.05) is 0 Å². The number of carboxylic acid groups (broad SMARTS) is 1. The summed E-state index contributed by atoms with van der Waals surface area (Å²) in [5.41, 5.74) is 0.0630. The third-order valence-corrected chi connectivity index (χ3v) is 4.98. The van der Waals surface area contributed by atoms with E-state index in [4.69, 9.17) is 0 Å². The Kier molecular flexibility index (Phi) is 7.48. The molecule has 0 aromatic heterocycles. The Labute approximate surface area is 119 Å². The molecule has 1 atom stereocenters. The molecule has 0 aliphatic heterocycles. The summed E-state index contributed by atoms with van der Waals surface area (Å²) in [6.45, 7) is 4.44. The number of aliphatic carboxylic acids is 1. The van der Waals surface area contributed by atoms with E-state index in [0.717, 1.165) is 25.7 Å². The first-order valence-corrected chi connectivity index (χ1v) is 8.33. The molecule has 2 nitrogen and oxygen atoms in total. The monoisotopic (exact) mass is 268 g/mol. The molecule has 1 aliphatic rings. The van der Waals surface area contributed by atoms with Gasteiger partial charge in [-0.25, -0.2) is 0 Å². The van der Waals surface area contributed by atoms with Crippen LogP contribution in [0.5, 0.6) is 0 Å². The van der Waals surface area contributed by atoms with E-state index in [9.17, 15) is 9.90 Å². The molecule has 1 aliphatic carbocycles. The molecule has 1 saturated carbocycles. The molecule has 0 spiro atoms. The fraction of sp³-hybridized carbons (Fsp3) is 0.941. The highest BCUT2D eigenvalue weighted by molar-refractivity contribution is 5.71. The first-order valence-electron chi connectivity index (χ1n) is 8.33. The minimum absolute atomic E-state index is 0.0630. The molecule has 1 rings (SSSR count). The van der Waals surface area contributed by atoms with Crippen molar-refractivity contribution in [3.8, 4) is 0 Å². The number of hydrogen-bond donors (Lipinski definition) is 1. The Balaban J connectivity index is 2.34. The van der Waals surface area contributed by atoms with Crippen LogP contribution in [-0.4, -0.2) is 11.1 Å². The maximum Gasteiger partial charge on any atom is 0.307 e. The van der Waals surface area contributed by atoms with Crippen LogP contribution >= 0.6 is 0 Å². The maximum atomic E-state index is 11.6. The van der Waals surface area contributed by atoms with Gasteiger partial charge >= 0.3 is 5.97 Å². The van der Waals surface area contributed by atoms with Gasteiger partial charge < -0.3 is 5.11 Å². The van der Waals surface area contributed by atoms with Crippen LogP contribution in [0.15, 0.2) is 0 Å². The average molecular weight is 268 g/mol. The quantitative estimate of drug-likeness (QED) is 0.568. The normalized spacial score (nSPS) is 20.1. The molecule has 1 N–H and O–H groups in total. The predicted octanol–water partition coefficient (Wildman–Crippen LogP) is 5.41. The van der Waals surface area contributed by atoms with E-state index in [2.05, 4.69) is 13.8 Å². The van der Waals surface area contributed by atoms with Crippen molar-refractivity contribution in [1.82, 2.24) is 0 Å². The lowest BCUT2D eigenvalue weighted by Gasteiger charge is -2.38. The first-order chi connectivity index (χ1) is 9.10. The van der Waals surface area contributed by atoms with Gasteiger partial charge in [0.25, 0.3) is 0 Å². The molecule has 1 unspecified atom stereocenters. The summed E-state index contributed by atoms with van der Waals surface area (Å²) in [5, 5.41) is 9.53. The summed E-state index contributed by atoms with van der Waals surface area (Å²) < 4.78 is 0. The van der Waals surface area contributed by atoms with Gasteiger partial charge in [-0.1, -0.05) is 71.6 Å². The molecule has 0 saturated heterocycles. The molecular weight excluding hydrogens is 236 g/mol. The highest BCUT2D eigenvalue weighted by Gasteiger charge is 2.39. The summed E-state index contributed by atoms with van der Waals surface area (Å²) in [6.07, 6.45) is 14.3. The molecule has 0 radical (unpaired) electrons. The van der Waals surface area contributed by atoms with Crippen LogP contribution in [0.3, 0.4) is 0 Å². The average Bonchev–Trinajstić information content (AvgIpc) is 2.38. The smallest absolute Gasteiger partial charge is 0.307 e. The first kappa shape index (κ1) is 16.5. The van der Waals surface area contributed by atoms with Gasteiger partial charge in [-0.15, -0.1) is 0 Å². The van der Waals surface area contributed by atoms with E-state index in [0.29, 0.717) is 0 Å². The molecule has 0 aromatic rings. The molecular formula is C17H32O2. The largest absolute Gasteiger partial charge is 0.481 e. The Morgan fingerprint density at radius 3 is 2.21 bits per heavy atom. The van der Waals surface area contributed by atoms with E-state index in [-0.39, 0.29) is 11.3 Å². The lowest BCUT2D eigenvalue weighted by Crippen LogP contribution is -2.35. The van der Waals surface area contributed by atoms with Crippen molar-refractivity contribution in [2.45, 2.75) is 90.9 Å². The van der Waals surface area contributed by atoms with Crippen molar-refractivity contribution in [3.05, 3.63) is 0 Å². The molecule has 1 fully saturated rings. The van der Waals surface area contributed by atoms with Crippen molar-refractivity contribution in [2.75, 3.05) is 0 Å². The van der Waals surface area contributed by atoms with Gasteiger partial charge in [0.15, 0.2) is 0 Å². The van der Waals surface area contributed by atoms with Crippen molar-refractivity contribution in [2.24, 2.45) is 11.3 Å².